The fourth-order valence-electron chi connectivity index (χ4n) is 2.49. The van der Waals surface area contributed by atoms with Crippen molar-refractivity contribution in [1.82, 2.24) is 15.1 Å². The maximum atomic E-state index is 12.2. The zero-order valence-electron chi connectivity index (χ0n) is 12.1. The summed E-state index contributed by atoms with van der Waals surface area (Å²) < 4.78 is 0. The fraction of sp³-hybridized carbons (Fsp3) is 0.533. The van der Waals surface area contributed by atoms with Crippen LogP contribution in [0.15, 0.2) is 24.3 Å². The molecule has 20 heavy (non-hydrogen) atoms. The Labute approximate surface area is 125 Å². The van der Waals surface area contributed by atoms with Gasteiger partial charge in [0, 0.05) is 24.7 Å². The second-order valence-electron chi connectivity index (χ2n) is 5.40. The van der Waals surface area contributed by atoms with Crippen molar-refractivity contribution in [3.63, 3.8) is 0 Å². The van der Waals surface area contributed by atoms with Crippen LogP contribution in [0, 0.1) is 0 Å². The molecule has 1 N–H and O–H groups in total. The van der Waals surface area contributed by atoms with Crippen molar-refractivity contribution in [2.24, 2.45) is 0 Å². The SMILES string of the molecule is CN1CCC(N(C)C(=O)NCc2ccccc2Cl)CC1. The van der Waals surface area contributed by atoms with E-state index in [-0.39, 0.29) is 6.03 Å². The van der Waals surface area contributed by atoms with Crippen LogP contribution in [0.25, 0.3) is 0 Å². The van der Waals surface area contributed by atoms with Gasteiger partial charge in [0.25, 0.3) is 0 Å². The number of nitrogens with zero attached hydrogens (tertiary/aromatic N) is 2. The van der Waals surface area contributed by atoms with Gasteiger partial charge < -0.3 is 15.1 Å². The average Bonchev–Trinajstić information content (AvgIpc) is 2.46. The zero-order chi connectivity index (χ0) is 14.5. The Hall–Kier alpha value is -1.26. The molecule has 0 radical (unpaired) electrons. The Morgan fingerprint density at radius 3 is 2.70 bits per heavy atom. The molecule has 1 aromatic carbocycles. The van der Waals surface area contributed by atoms with E-state index in [0.29, 0.717) is 17.6 Å². The van der Waals surface area contributed by atoms with Crippen LogP contribution in [0.4, 0.5) is 4.79 Å². The van der Waals surface area contributed by atoms with Crippen LogP contribution >= 0.6 is 11.6 Å². The quantitative estimate of drug-likeness (QED) is 0.930. The summed E-state index contributed by atoms with van der Waals surface area (Å²) in [7, 11) is 3.99. The van der Waals surface area contributed by atoms with Gasteiger partial charge in [-0.2, -0.15) is 0 Å². The fourth-order valence-corrected chi connectivity index (χ4v) is 2.69. The highest BCUT2D eigenvalue weighted by molar-refractivity contribution is 6.31. The molecule has 1 aliphatic heterocycles. The van der Waals surface area contributed by atoms with Crippen LogP contribution in [0.3, 0.4) is 0 Å². The molecule has 1 saturated heterocycles. The van der Waals surface area contributed by atoms with Gasteiger partial charge in [0.05, 0.1) is 0 Å². The van der Waals surface area contributed by atoms with Crippen LogP contribution in [0.5, 0.6) is 0 Å². The van der Waals surface area contributed by atoms with Crippen molar-refractivity contribution in [3.05, 3.63) is 34.9 Å². The molecule has 110 valence electrons. The van der Waals surface area contributed by atoms with E-state index in [2.05, 4.69) is 17.3 Å². The van der Waals surface area contributed by atoms with Gasteiger partial charge in [-0.3, -0.25) is 0 Å². The number of rotatable bonds is 3. The standard InChI is InChI=1S/C15H22ClN3O/c1-18-9-7-13(8-10-18)19(2)15(20)17-11-12-5-3-4-6-14(12)16/h3-6,13H,7-11H2,1-2H3,(H,17,20). The molecule has 0 aromatic heterocycles. The van der Waals surface area contributed by atoms with E-state index in [1.165, 1.54) is 0 Å². The number of carbonyl (C=O) groups is 1. The van der Waals surface area contributed by atoms with Crippen LogP contribution < -0.4 is 5.32 Å². The first-order valence-electron chi connectivity index (χ1n) is 7.00. The van der Waals surface area contributed by atoms with Crippen molar-refractivity contribution in [2.75, 3.05) is 27.2 Å². The number of hydrogen-bond donors (Lipinski definition) is 1. The topological polar surface area (TPSA) is 35.6 Å². The lowest BCUT2D eigenvalue weighted by atomic mass is 10.0. The summed E-state index contributed by atoms with van der Waals surface area (Å²) in [5, 5.41) is 3.63. The number of benzene rings is 1. The maximum Gasteiger partial charge on any atom is 0.317 e. The summed E-state index contributed by atoms with van der Waals surface area (Å²) in [6.07, 6.45) is 2.07. The first kappa shape index (κ1) is 15.1. The summed E-state index contributed by atoms with van der Waals surface area (Å²) in [5.41, 5.74) is 0.944. The number of urea groups is 1. The van der Waals surface area contributed by atoms with Gasteiger partial charge in [0.2, 0.25) is 0 Å². The Morgan fingerprint density at radius 2 is 2.05 bits per heavy atom. The number of halogens is 1. The lowest BCUT2D eigenvalue weighted by Crippen LogP contribution is -2.48. The molecule has 1 aliphatic rings. The predicted octanol–water partition coefficient (Wildman–Crippen LogP) is 2.58. The molecule has 2 amide bonds. The largest absolute Gasteiger partial charge is 0.334 e. The molecule has 0 unspecified atom stereocenters. The highest BCUT2D eigenvalue weighted by Crippen LogP contribution is 2.16. The number of likely N-dealkylation sites (tertiary alicyclic amines) is 1. The number of hydrogen-bond acceptors (Lipinski definition) is 2. The smallest absolute Gasteiger partial charge is 0.317 e. The monoisotopic (exact) mass is 295 g/mol. The van der Waals surface area contributed by atoms with E-state index in [0.717, 1.165) is 31.5 Å². The number of carbonyl (C=O) groups excluding carboxylic acids is 1. The van der Waals surface area contributed by atoms with Crippen molar-refractivity contribution < 1.29 is 4.79 Å². The van der Waals surface area contributed by atoms with E-state index in [4.69, 9.17) is 11.6 Å². The molecule has 5 heteroatoms. The van der Waals surface area contributed by atoms with Gasteiger partial charge in [0.15, 0.2) is 0 Å². The van der Waals surface area contributed by atoms with Crippen molar-refractivity contribution in [3.8, 4) is 0 Å². The molecule has 4 nitrogen and oxygen atoms in total. The normalized spacial score (nSPS) is 16.9. The third-order valence-corrected chi connectivity index (χ3v) is 4.31. The van der Waals surface area contributed by atoms with E-state index >= 15 is 0 Å². The second-order valence-corrected chi connectivity index (χ2v) is 5.80. The minimum absolute atomic E-state index is 0.0283. The molecule has 2 rings (SSSR count). The van der Waals surface area contributed by atoms with Gasteiger partial charge >= 0.3 is 6.03 Å². The van der Waals surface area contributed by atoms with Crippen LogP contribution in [0.1, 0.15) is 18.4 Å². The van der Waals surface area contributed by atoms with Crippen LogP contribution in [0.2, 0.25) is 5.02 Å². The van der Waals surface area contributed by atoms with E-state index in [1.807, 2.05) is 36.2 Å². The number of piperidine rings is 1. The van der Waals surface area contributed by atoms with E-state index in [1.54, 1.807) is 0 Å². The summed E-state index contributed by atoms with van der Waals surface area (Å²) in [5.74, 6) is 0. The molecule has 0 aliphatic carbocycles. The first-order valence-corrected chi connectivity index (χ1v) is 7.38. The van der Waals surface area contributed by atoms with Crippen LogP contribution in [-0.4, -0.2) is 49.1 Å². The first-order chi connectivity index (χ1) is 9.58. The Bertz CT molecular complexity index is 458. The second kappa shape index (κ2) is 6.95. The van der Waals surface area contributed by atoms with Gasteiger partial charge in [-0.1, -0.05) is 29.8 Å². The van der Waals surface area contributed by atoms with Gasteiger partial charge in [-0.05, 0) is 44.6 Å². The van der Waals surface area contributed by atoms with Crippen molar-refractivity contribution in [2.45, 2.75) is 25.4 Å². The zero-order valence-corrected chi connectivity index (χ0v) is 12.9. The molecular formula is C15H22ClN3O. The highest BCUT2D eigenvalue weighted by Gasteiger charge is 2.23. The summed E-state index contributed by atoms with van der Waals surface area (Å²) in [6.45, 7) is 2.56. The third kappa shape index (κ3) is 3.87. The molecule has 0 bridgehead atoms. The minimum Gasteiger partial charge on any atom is -0.334 e. The molecule has 0 saturated carbocycles. The molecule has 1 heterocycles. The minimum atomic E-state index is -0.0283. The maximum absolute atomic E-state index is 12.2. The van der Waals surface area contributed by atoms with Gasteiger partial charge in [-0.15, -0.1) is 0 Å². The molecule has 0 spiro atoms. The van der Waals surface area contributed by atoms with E-state index < -0.39 is 0 Å². The third-order valence-electron chi connectivity index (χ3n) is 3.94. The Morgan fingerprint density at radius 1 is 1.40 bits per heavy atom. The lowest BCUT2D eigenvalue weighted by molar-refractivity contribution is 0.147. The van der Waals surface area contributed by atoms with E-state index in [9.17, 15) is 4.79 Å². The summed E-state index contributed by atoms with van der Waals surface area (Å²) in [6, 6.07) is 7.88. The van der Waals surface area contributed by atoms with Crippen molar-refractivity contribution >= 4 is 17.6 Å². The average molecular weight is 296 g/mol. The summed E-state index contributed by atoms with van der Waals surface area (Å²) >= 11 is 6.08. The Kier molecular flexibility index (Phi) is 5.26. The molecular weight excluding hydrogens is 274 g/mol. The Balaban J connectivity index is 1.84. The van der Waals surface area contributed by atoms with Gasteiger partial charge in [0.1, 0.15) is 0 Å². The highest BCUT2D eigenvalue weighted by atomic mass is 35.5. The summed E-state index contributed by atoms with van der Waals surface area (Å²) in [4.78, 5) is 16.3. The lowest BCUT2D eigenvalue weighted by Gasteiger charge is -2.35. The number of amides is 2. The predicted molar refractivity (Wildman–Crippen MR) is 82.0 cm³/mol. The molecule has 1 fully saturated rings. The number of nitrogens with one attached hydrogen (secondary N) is 1. The molecule has 0 atom stereocenters. The van der Waals surface area contributed by atoms with Crippen molar-refractivity contribution in [1.29, 1.82) is 0 Å². The van der Waals surface area contributed by atoms with Crippen LogP contribution in [-0.2, 0) is 6.54 Å². The van der Waals surface area contributed by atoms with Gasteiger partial charge in [-0.25, -0.2) is 4.79 Å². The molecule has 1 aromatic rings.